The molecule has 137 heavy (non-hydrogen) atoms. The van der Waals surface area contributed by atoms with Crippen LogP contribution in [0.1, 0.15) is 154 Å². The summed E-state index contributed by atoms with van der Waals surface area (Å²) in [4.78, 5) is 129. The molecule has 0 aliphatic carbocycles. The van der Waals surface area contributed by atoms with Crippen LogP contribution in [0.5, 0.6) is 23.0 Å². The standard InChI is InChI=1S/C50H64N12O12.C43H51N13O7/c1-8-61-35(21-28(3)56-61)46(67)54-49-53-34-24-32(45(51)66)26-37(69-6)40(34)59(49)13-10-11-14-60-41-33(52-50(60)55-47(68)36-22-29(4)57-62(36)9-2)23-31(30(5)63)25-38(41)72-17-12-18-73-44-43(65)42(64)39(74-48(44)70-7)27-58-15-19-71-20-16-58;1-6-55-31(15-25(3)50-55)39(59)48-41-46-29-17-27(37(44)57)19-33(61-5)35(29)53(41)12-8-9-13-54-36-30(47-42(54)49-40(60)32-16-26(4)51-56(32)7-2)18-28(38(45)58)20-34(36)63-14-10-11-52-21-43(22-52)23-62-24-43/h10-11,21-26,39,42-44,48,64-65H,8-9,12-20,27H2,1-7H3,(H2,51,66)(H,52,55,68)(H,53,54,67);8-9,15-20H,6-7,10-14,21-24H2,1-5H3,(H2,44,57)(H2,45,58)(H,46,48,59)(H,47,49,60)/b11-10+;9-8+/t39-,42-,43+,44-,48+;/m1./s1. The molecule has 44 heteroatoms. The third-order valence-electron chi connectivity index (χ3n) is 24.1. The molecule has 1 spiro atoms. The molecule has 4 aromatic carbocycles. The van der Waals surface area contributed by atoms with E-state index in [2.05, 4.69) is 51.5 Å². The molecule has 12 heterocycles. The number of primary amides is 3. The number of allylic oxidation sites excluding steroid dienone is 4. The lowest BCUT2D eigenvalue weighted by Crippen LogP contribution is -2.65. The number of nitrogens with two attached hydrogens (primary N) is 3. The van der Waals surface area contributed by atoms with Crippen LogP contribution in [0.3, 0.4) is 0 Å². The Hall–Kier alpha value is -14.1. The van der Waals surface area contributed by atoms with E-state index in [1.807, 2.05) is 58.9 Å². The number of carbonyl (C=O) groups excluding carboxylic acids is 8. The Labute approximate surface area is 786 Å². The van der Waals surface area contributed by atoms with Crippen LogP contribution >= 0.6 is 0 Å². The molecule has 16 rings (SSSR count). The van der Waals surface area contributed by atoms with Gasteiger partial charge in [0.25, 0.3) is 23.6 Å². The van der Waals surface area contributed by atoms with Crippen molar-refractivity contribution in [3.63, 3.8) is 0 Å². The van der Waals surface area contributed by atoms with Crippen molar-refractivity contribution in [3.05, 3.63) is 165 Å². The number of aromatic nitrogens is 16. The van der Waals surface area contributed by atoms with Crippen LogP contribution in [-0.2, 0) is 76.0 Å². The summed E-state index contributed by atoms with van der Waals surface area (Å²) in [7, 11) is 4.37. The molecule has 4 fully saturated rings. The highest BCUT2D eigenvalue weighted by atomic mass is 16.7. The SMILES string of the molecule is CCn1nc(C)cc1C(=O)Nc1nc2cc(C(N)=O)cc(OC)c2n1C/C=C/Cn1c(NC(=O)c2cc(C)nn2CC)nc2cc(C(C)=O)cc(OCCCO[C@H]3[C@@H](OC)O[C@H](CN4CCOCC4)[C@@H](O)[C@@H]3O)c21.CCn1nc(C)cc1C(=O)Nc1nc2cc(C(N)=O)cc(OC)c2n1C/C=C/Cn1c(NC(=O)c2cc(C)nn2CC)nc2cc(C(N)=O)cc(OCCCN3CC4(COC4)C3)c21. The van der Waals surface area contributed by atoms with Crippen molar-refractivity contribution in [3.8, 4) is 23.0 Å². The van der Waals surface area contributed by atoms with Crippen molar-refractivity contribution in [1.29, 1.82) is 0 Å². The lowest BCUT2D eigenvalue weighted by molar-refractivity contribution is -0.301. The van der Waals surface area contributed by atoms with Gasteiger partial charge in [-0.2, -0.15) is 20.4 Å². The number of hydrogen-bond acceptors (Lipinski definition) is 29. The normalized spacial score (nSPS) is 17.2. The first-order valence-electron chi connectivity index (χ1n) is 45.3. The average molecular weight is 1890 g/mol. The molecular weight excluding hydrogens is 1770 g/mol. The minimum absolute atomic E-state index is 0.0804. The smallest absolute Gasteiger partial charge is 0.276 e. The number of imidazole rings is 4. The molecule has 12 aromatic rings. The fraction of sp³-hybridized carbons (Fsp3) is 0.441. The van der Waals surface area contributed by atoms with Gasteiger partial charge in [0.05, 0.1) is 105 Å². The number of ketones is 1. The second-order valence-corrected chi connectivity index (χ2v) is 33.9. The molecule has 4 aliphatic rings. The Morgan fingerprint density at radius 1 is 0.460 bits per heavy atom. The van der Waals surface area contributed by atoms with Gasteiger partial charge < -0.3 is 93.2 Å². The molecule has 0 radical (unpaired) electrons. The number of aryl methyl sites for hydroxylation is 8. The molecule has 8 aromatic heterocycles. The number of morpholine rings is 1. The summed E-state index contributed by atoms with van der Waals surface area (Å²) in [6.45, 7) is 26.5. The molecule has 0 saturated carbocycles. The van der Waals surface area contributed by atoms with Gasteiger partial charge in [0.15, 0.2) is 12.1 Å². The summed E-state index contributed by atoms with van der Waals surface area (Å²) in [5, 5.41) is 51.7. The van der Waals surface area contributed by atoms with Crippen LogP contribution in [0.15, 0.2) is 97.1 Å². The first-order chi connectivity index (χ1) is 65.9. The second kappa shape index (κ2) is 42.4. The highest BCUT2D eigenvalue weighted by Crippen LogP contribution is 2.40. The Morgan fingerprint density at radius 2 is 0.810 bits per heavy atom. The molecule has 44 nitrogen and oxygen atoms in total. The largest absolute Gasteiger partial charge is 0.494 e. The van der Waals surface area contributed by atoms with Crippen LogP contribution < -0.4 is 57.4 Å². The number of nitrogens with one attached hydrogen (secondary N) is 4. The maximum Gasteiger partial charge on any atom is 0.276 e. The van der Waals surface area contributed by atoms with Crippen molar-refractivity contribution >= 4 is 115 Å². The summed E-state index contributed by atoms with van der Waals surface area (Å²) in [6.07, 6.45) is 3.26. The van der Waals surface area contributed by atoms with E-state index in [1.54, 1.807) is 112 Å². The van der Waals surface area contributed by atoms with Crippen LogP contribution in [0.4, 0.5) is 23.8 Å². The van der Waals surface area contributed by atoms with Gasteiger partial charge in [0, 0.05) is 133 Å². The predicted molar refractivity (Wildman–Crippen MR) is 503 cm³/mol. The van der Waals surface area contributed by atoms with E-state index in [-0.39, 0.29) is 85.7 Å². The molecule has 5 atom stereocenters. The van der Waals surface area contributed by atoms with Crippen molar-refractivity contribution in [2.24, 2.45) is 22.6 Å². The lowest BCUT2D eigenvalue weighted by atomic mass is 9.78. The van der Waals surface area contributed by atoms with Gasteiger partial charge in [-0.25, -0.2) is 19.9 Å². The molecule has 0 unspecified atom stereocenters. The van der Waals surface area contributed by atoms with Gasteiger partial charge in [0.2, 0.25) is 41.5 Å². The Kier molecular flexibility index (Phi) is 30.2. The van der Waals surface area contributed by atoms with E-state index >= 15 is 0 Å². The number of anilines is 4. The third-order valence-corrected chi connectivity index (χ3v) is 24.1. The van der Waals surface area contributed by atoms with Crippen LogP contribution in [0, 0.1) is 33.1 Å². The zero-order valence-corrected chi connectivity index (χ0v) is 78.5. The fourth-order valence-corrected chi connectivity index (χ4v) is 17.5. The number of nitrogens with zero attached hydrogens (tertiary/aromatic N) is 18. The molecule has 4 saturated heterocycles. The quantitative estimate of drug-likeness (QED) is 0.0111. The van der Waals surface area contributed by atoms with Crippen LogP contribution in [0.25, 0.3) is 44.1 Å². The fourth-order valence-electron chi connectivity index (χ4n) is 17.5. The number of amides is 7. The summed E-state index contributed by atoms with van der Waals surface area (Å²) >= 11 is 0. The van der Waals surface area contributed by atoms with E-state index in [9.17, 15) is 48.6 Å². The molecule has 7 amide bonds. The van der Waals surface area contributed by atoms with Gasteiger partial charge in [0.1, 0.15) is 92.3 Å². The minimum Gasteiger partial charge on any atom is -0.494 e. The predicted octanol–water partition coefficient (Wildman–Crippen LogP) is 6.59. The minimum atomic E-state index is -1.29. The summed E-state index contributed by atoms with van der Waals surface area (Å²) in [6, 6.07) is 19.3. The molecule has 4 aliphatic heterocycles. The van der Waals surface area contributed by atoms with Crippen LogP contribution in [-0.4, -0.2) is 282 Å². The van der Waals surface area contributed by atoms with E-state index in [0.717, 1.165) is 39.3 Å². The number of rotatable bonds is 40. The Bertz CT molecular complexity index is 6600. The van der Waals surface area contributed by atoms with E-state index in [4.69, 9.17) is 79.8 Å². The second-order valence-electron chi connectivity index (χ2n) is 33.9. The highest BCUT2D eigenvalue weighted by molar-refractivity contribution is 6.08. The van der Waals surface area contributed by atoms with E-state index < -0.39 is 72.1 Å². The first kappa shape index (κ1) is 97.4. The molecule has 726 valence electrons. The Balaban J connectivity index is 0.000000211. The zero-order chi connectivity index (χ0) is 97.4. The summed E-state index contributed by atoms with van der Waals surface area (Å²) < 4.78 is 66.2. The van der Waals surface area contributed by atoms with Gasteiger partial charge in [-0.05, 0) is 142 Å². The third kappa shape index (κ3) is 21.3. The number of hydrogen-bond donors (Lipinski definition) is 9. The Morgan fingerprint density at radius 3 is 1.15 bits per heavy atom. The van der Waals surface area contributed by atoms with Gasteiger partial charge >= 0.3 is 0 Å². The number of ether oxygens (including phenoxy) is 9. The number of carbonyl (C=O) groups is 8. The number of methoxy groups -OCH3 is 3. The van der Waals surface area contributed by atoms with E-state index in [1.165, 1.54) is 46.5 Å². The number of aliphatic hydroxyl groups excluding tert-OH is 2. The summed E-state index contributed by atoms with van der Waals surface area (Å²) in [5.41, 5.74) is 25.8. The number of aliphatic hydroxyl groups is 2. The lowest BCUT2D eigenvalue weighted by Gasteiger charge is -2.55. The van der Waals surface area contributed by atoms with Crippen molar-refractivity contribution in [1.82, 2.24) is 87.1 Å². The topological polar surface area (TPSA) is 535 Å². The van der Waals surface area contributed by atoms with Crippen molar-refractivity contribution in [2.75, 3.05) is 128 Å². The zero-order valence-electron chi connectivity index (χ0n) is 78.5. The molecule has 12 N–H and O–H groups in total. The van der Waals surface area contributed by atoms with Crippen LogP contribution in [0.2, 0.25) is 0 Å². The maximum atomic E-state index is 14.0. The number of fused-ring (bicyclic) bond motifs is 4. The maximum absolute atomic E-state index is 14.0. The van der Waals surface area contributed by atoms with E-state index in [0.29, 0.717) is 196 Å². The molecular formula is C93H115N25O19. The van der Waals surface area contributed by atoms with Gasteiger partial charge in [-0.1, -0.05) is 24.3 Å². The highest BCUT2D eigenvalue weighted by Gasteiger charge is 2.49. The van der Waals surface area contributed by atoms with Gasteiger partial charge in [-0.15, -0.1) is 0 Å². The average Bonchev–Trinajstić information content (AvgIpc) is 1.67. The number of benzene rings is 4. The van der Waals surface area contributed by atoms with Crippen molar-refractivity contribution < 1.29 is 91.2 Å². The van der Waals surface area contributed by atoms with Crippen molar-refractivity contribution in [2.45, 2.75) is 158 Å². The number of likely N-dealkylation sites (tertiary alicyclic amines) is 1. The van der Waals surface area contributed by atoms with Gasteiger partial charge in [-0.3, -0.25) is 83.3 Å². The first-order valence-corrected chi connectivity index (χ1v) is 45.3. The summed E-state index contributed by atoms with van der Waals surface area (Å²) in [5.74, 6) is -2.04. The monoisotopic (exact) mass is 1890 g/mol. The molecule has 0 bridgehead atoms. The number of Topliss-reactive ketones (excluding diaryl/α,β-unsaturated/α-hetero) is 1.